The van der Waals surface area contributed by atoms with Crippen LogP contribution in [0.3, 0.4) is 0 Å². The Kier molecular flexibility index (Phi) is 16.7. The Labute approximate surface area is 233 Å². The van der Waals surface area contributed by atoms with Gasteiger partial charge < -0.3 is 49.9 Å². The molecule has 0 radical (unpaired) electrons. The number of rotatable bonds is 20. The van der Waals surface area contributed by atoms with Gasteiger partial charge in [-0.15, -0.1) is 0 Å². The summed E-state index contributed by atoms with van der Waals surface area (Å²) in [5.74, 6) is -5.62. The summed E-state index contributed by atoms with van der Waals surface area (Å²) in [7, 11) is 0. The molecule has 0 aliphatic heterocycles. The number of primary amides is 3. The maximum atomic E-state index is 13.0. The van der Waals surface area contributed by atoms with Crippen LogP contribution in [0.2, 0.25) is 0 Å². The van der Waals surface area contributed by atoms with Gasteiger partial charge in [-0.1, -0.05) is 20.3 Å². The van der Waals surface area contributed by atoms with E-state index in [0.29, 0.717) is 25.8 Å². The highest BCUT2D eigenvalue weighted by Gasteiger charge is 2.31. The zero-order valence-electron chi connectivity index (χ0n) is 23.4. The van der Waals surface area contributed by atoms with E-state index in [4.69, 9.17) is 28.7 Å². The highest BCUT2D eigenvalue weighted by molar-refractivity contribution is 5.97. The van der Waals surface area contributed by atoms with Crippen molar-refractivity contribution >= 4 is 41.4 Å². The Morgan fingerprint density at radius 2 is 1.20 bits per heavy atom. The first-order chi connectivity index (χ1) is 18.6. The van der Waals surface area contributed by atoms with Crippen molar-refractivity contribution in [1.29, 1.82) is 0 Å². The van der Waals surface area contributed by atoms with E-state index >= 15 is 0 Å². The van der Waals surface area contributed by atoms with Gasteiger partial charge in [-0.2, -0.15) is 0 Å². The van der Waals surface area contributed by atoms with Crippen molar-refractivity contribution in [2.45, 2.75) is 95.9 Å². The van der Waals surface area contributed by atoms with E-state index in [2.05, 4.69) is 21.3 Å². The van der Waals surface area contributed by atoms with Crippen LogP contribution in [0.4, 0.5) is 0 Å². The second-order valence-electron chi connectivity index (χ2n) is 10.0. The molecule has 0 aromatic heterocycles. The molecule has 228 valence electrons. The van der Waals surface area contributed by atoms with Crippen LogP contribution in [0.5, 0.6) is 0 Å². The molecule has 0 rings (SSSR count). The van der Waals surface area contributed by atoms with Crippen molar-refractivity contribution in [2.75, 3.05) is 6.54 Å². The van der Waals surface area contributed by atoms with Gasteiger partial charge in [0.25, 0.3) is 0 Å². The van der Waals surface area contributed by atoms with Crippen LogP contribution in [0, 0.1) is 5.92 Å². The smallest absolute Gasteiger partial charge is 0.243 e. The highest BCUT2D eigenvalue weighted by atomic mass is 16.2. The molecular weight excluding hydrogens is 526 g/mol. The molecule has 0 saturated carbocycles. The standard InChI is InChI=1S/C24H45N9O7/c1-12(2)10-16(33-22(38)14(26)6-4-5-9-25)23(39)30-13(3)21(37)32-17(11-19(28)35)24(40)31-15(20(29)36)7-8-18(27)34/h12-17H,4-11,25-26H2,1-3H3,(H2,27,34)(H2,28,35)(H2,29,36)(H,30,39)(H,31,40)(H,32,37)(H,33,38)/t13-,14-,15-,16-,17-/m0/s1. The molecule has 0 aromatic rings. The topological polar surface area (TPSA) is 298 Å². The van der Waals surface area contributed by atoms with Gasteiger partial charge in [0.05, 0.1) is 12.5 Å². The zero-order valence-corrected chi connectivity index (χ0v) is 23.4. The minimum Gasteiger partial charge on any atom is -0.370 e. The molecule has 40 heavy (non-hydrogen) atoms. The number of nitrogens with two attached hydrogens (primary N) is 5. The Balaban J connectivity index is 5.40. The first-order valence-electron chi connectivity index (χ1n) is 13.1. The van der Waals surface area contributed by atoms with Gasteiger partial charge in [0.1, 0.15) is 24.2 Å². The van der Waals surface area contributed by atoms with Crippen LogP contribution in [0.15, 0.2) is 0 Å². The molecule has 0 saturated heterocycles. The van der Waals surface area contributed by atoms with Crippen molar-refractivity contribution in [3.05, 3.63) is 0 Å². The summed E-state index contributed by atoms with van der Waals surface area (Å²) in [5.41, 5.74) is 26.9. The Morgan fingerprint density at radius 3 is 1.70 bits per heavy atom. The van der Waals surface area contributed by atoms with Gasteiger partial charge in [-0.05, 0) is 45.1 Å². The highest BCUT2D eigenvalue weighted by Crippen LogP contribution is 2.07. The second kappa shape index (κ2) is 18.5. The fourth-order valence-electron chi connectivity index (χ4n) is 3.55. The summed E-state index contributed by atoms with van der Waals surface area (Å²) in [6.45, 7) is 5.49. The number of unbranched alkanes of at least 4 members (excludes halogenated alkanes) is 1. The summed E-state index contributed by atoms with van der Waals surface area (Å²) in [6, 6.07) is -5.85. The average molecular weight is 572 g/mol. The predicted molar refractivity (Wildman–Crippen MR) is 145 cm³/mol. The molecule has 0 bridgehead atoms. The third-order valence-corrected chi connectivity index (χ3v) is 5.78. The molecule has 0 spiro atoms. The van der Waals surface area contributed by atoms with Gasteiger partial charge in [-0.3, -0.25) is 33.6 Å². The SMILES string of the molecule is CC(C)C[C@H](NC(=O)[C@@H](N)CCCCN)C(=O)N[C@@H](C)C(=O)N[C@@H](CC(N)=O)C(=O)N[C@@H](CCC(N)=O)C(N)=O. The van der Waals surface area contributed by atoms with Crippen molar-refractivity contribution in [3.63, 3.8) is 0 Å². The summed E-state index contributed by atoms with van der Waals surface area (Å²) in [6.07, 6.45) is 0.918. The van der Waals surface area contributed by atoms with E-state index in [0.717, 1.165) is 0 Å². The largest absolute Gasteiger partial charge is 0.370 e. The third-order valence-electron chi connectivity index (χ3n) is 5.78. The lowest BCUT2D eigenvalue weighted by Crippen LogP contribution is -2.58. The van der Waals surface area contributed by atoms with Gasteiger partial charge in [0.2, 0.25) is 41.4 Å². The van der Waals surface area contributed by atoms with E-state index in [1.165, 1.54) is 6.92 Å². The van der Waals surface area contributed by atoms with Crippen LogP contribution < -0.4 is 49.9 Å². The molecule has 16 nitrogen and oxygen atoms in total. The maximum absolute atomic E-state index is 13.0. The van der Waals surface area contributed by atoms with E-state index in [9.17, 15) is 33.6 Å². The fraction of sp³-hybridized carbons (Fsp3) is 0.708. The van der Waals surface area contributed by atoms with E-state index in [-0.39, 0.29) is 25.2 Å². The van der Waals surface area contributed by atoms with E-state index in [1.807, 2.05) is 13.8 Å². The number of hydrogen-bond acceptors (Lipinski definition) is 9. The zero-order chi connectivity index (χ0) is 31.0. The van der Waals surface area contributed by atoms with Crippen LogP contribution in [-0.4, -0.2) is 78.1 Å². The number of carbonyl (C=O) groups excluding carboxylic acids is 7. The summed E-state index contributed by atoms with van der Waals surface area (Å²) in [4.78, 5) is 85.2. The number of hydrogen-bond donors (Lipinski definition) is 9. The molecule has 0 unspecified atom stereocenters. The Morgan fingerprint density at radius 1 is 0.650 bits per heavy atom. The van der Waals surface area contributed by atoms with Crippen LogP contribution in [0.1, 0.15) is 65.7 Å². The Hall–Kier alpha value is -3.79. The summed E-state index contributed by atoms with van der Waals surface area (Å²) < 4.78 is 0. The molecule has 0 heterocycles. The quantitative estimate of drug-likeness (QED) is 0.0643. The molecule has 0 aliphatic rings. The second-order valence-corrected chi connectivity index (χ2v) is 10.0. The lowest BCUT2D eigenvalue weighted by molar-refractivity contribution is -0.135. The molecule has 0 aromatic carbocycles. The van der Waals surface area contributed by atoms with Crippen LogP contribution >= 0.6 is 0 Å². The van der Waals surface area contributed by atoms with Crippen molar-refractivity contribution in [3.8, 4) is 0 Å². The first kappa shape index (κ1) is 36.2. The van der Waals surface area contributed by atoms with Gasteiger partial charge in [0.15, 0.2) is 0 Å². The number of carbonyl (C=O) groups is 7. The van der Waals surface area contributed by atoms with Crippen molar-refractivity contribution in [2.24, 2.45) is 34.6 Å². The summed E-state index contributed by atoms with van der Waals surface area (Å²) >= 11 is 0. The van der Waals surface area contributed by atoms with E-state index < -0.39 is 78.0 Å². The molecule has 5 atom stereocenters. The normalized spacial score (nSPS) is 14.7. The predicted octanol–water partition coefficient (Wildman–Crippen LogP) is -3.93. The minimum absolute atomic E-state index is 0.00468. The van der Waals surface area contributed by atoms with Gasteiger partial charge >= 0.3 is 0 Å². The lowest BCUT2D eigenvalue weighted by Gasteiger charge is -2.25. The molecule has 0 fully saturated rings. The molecule has 14 N–H and O–H groups in total. The van der Waals surface area contributed by atoms with E-state index in [1.54, 1.807) is 0 Å². The molecule has 7 amide bonds. The van der Waals surface area contributed by atoms with Gasteiger partial charge in [0, 0.05) is 6.42 Å². The van der Waals surface area contributed by atoms with Crippen molar-refractivity contribution < 1.29 is 33.6 Å². The minimum atomic E-state index is -1.52. The first-order valence-corrected chi connectivity index (χ1v) is 13.1. The Bertz CT molecular complexity index is 913. The molecular formula is C24H45N9O7. The maximum Gasteiger partial charge on any atom is 0.243 e. The monoisotopic (exact) mass is 571 g/mol. The number of nitrogens with one attached hydrogen (secondary N) is 4. The fourth-order valence-corrected chi connectivity index (χ4v) is 3.55. The van der Waals surface area contributed by atoms with Gasteiger partial charge in [-0.25, -0.2) is 0 Å². The molecule has 16 heteroatoms. The number of amides is 7. The van der Waals surface area contributed by atoms with Crippen LogP contribution in [-0.2, 0) is 33.6 Å². The summed E-state index contributed by atoms with van der Waals surface area (Å²) in [5, 5.41) is 9.65. The van der Waals surface area contributed by atoms with Crippen molar-refractivity contribution in [1.82, 2.24) is 21.3 Å². The van der Waals surface area contributed by atoms with Crippen LogP contribution in [0.25, 0.3) is 0 Å². The lowest BCUT2D eigenvalue weighted by atomic mass is 10.0. The average Bonchev–Trinajstić information content (AvgIpc) is 2.84. The molecule has 0 aliphatic carbocycles. The third kappa shape index (κ3) is 15.0.